The van der Waals surface area contributed by atoms with Crippen molar-refractivity contribution in [2.75, 3.05) is 11.9 Å². The Balaban J connectivity index is 2.14. The van der Waals surface area contributed by atoms with Gasteiger partial charge < -0.3 is 10.1 Å². The number of para-hydroxylation sites is 1. The second-order valence-corrected chi connectivity index (χ2v) is 8.39. The highest BCUT2D eigenvalue weighted by Crippen LogP contribution is 2.30. The summed E-state index contributed by atoms with van der Waals surface area (Å²) >= 11 is 18.0. The molecule has 0 heterocycles. The van der Waals surface area contributed by atoms with Crippen LogP contribution in [0.25, 0.3) is 0 Å². The van der Waals surface area contributed by atoms with Crippen LogP contribution >= 0.6 is 34.8 Å². The van der Waals surface area contributed by atoms with Gasteiger partial charge in [-0.05, 0) is 44.2 Å². The van der Waals surface area contributed by atoms with E-state index in [9.17, 15) is 13.2 Å². The van der Waals surface area contributed by atoms with E-state index >= 15 is 0 Å². The summed E-state index contributed by atoms with van der Waals surface area (Å²) in [5, 5.41) is 3.15. The number of halogens is 3. The number of hydrogen-bond donors (Lipinski definition) is 2. The van der Waals surface area contributed by atoms with Crippen LogP contribution in [0.15, 0.2) is 41.3 Å². The Bertz CT molecular complexity index is 931. The molecule has 0 radical (unpaired) electrons. The van der Waals surface area contributed by atoms with Crippen molar-refractivity contribution in [3.63, 3.8) is 0 Å². The second kappa shape index (κ2) is 9.12. The number of ether oxygens (including phenoxy) is 1. The van der Waals surface area contributed by atoms with E-state index < -0.39 is 22.0 Å². The van der Waals surface area contributed by atoms with E-state index in [0.29, 0.717) is 12.4 Å². The fourth-order valence-corrected chi connectivity index (χ4v) is 4.14. The highest BCUT2D eigenvalue weighted by atomic mass is 35.5. The zero-order valence-electron chi connectivity index (χ0n) is 14.4. The first-order chi connectivity index (χ1) is 12.7. The molecular weight excluding hydrogens is 435 g/mol. The van der Waals surface area contributed by atoms with Crippen LogP contribution in [0.3, 0.4) is 0 Å². The molecule has 1 atom stereocenters. The van der Waals surface area contributed by atoms with E-state index in [-0.39, 0.29) is 25.7 Å². The van der Waals surface area contributed by atoms with Gasteiger partial charge in [-0.15, -0.1) is 0 Å². The SMILES string of the molecule is CCOc1ccc(S(=O)(=O)N[C@H](C)C(=O)Nc2c(Cl)cccc2Cl)cc1Cl. The van der Waals surface area contributed by atoms with Crippen LogP contribution < -0.4 is 14.8 Å². The molecule has 2 aromatic rings. The predicted octanol–water partition coefficient (Wildman–Crippen LogP) is 4.35. The minimum atomic E-state index is -3.99. The van der Waals surface area contributed by atoms with Crippen molar-refractivity contribution < 1.29 is 17.9 Å². The van der Waals surface area contributed by atoms with Gasteiger partial charge in [-0.1, -0.05) is 40.9 Å². The van der Waals surface area contributed by atoms with Gasteiger partial charge in [0.15, 0.2) is 0 Å². The number of amides is 1. The summed E-state index contributed by atoms with van der Waals surface area (Å²) in [5.74, 6) is -0.247. The maximum Gasteiger partial charge on any atom is 0.242 e. The molecule has 2 N–H and O–H groups in total. The lowest BCUT2D eigenvalue weighted by atomic mass is 10.3. The summed E-state index contributed by atoms with van der Waals surface area (Å²) in [6, 6.07) is 7.70. The molecule has 0 aromatic heterocycles. The Morgan fingerprint density at radius 3 is 2.30 bits per heavy atom. The third-order valence-electron chi connectivity index (χ3n) is 3.45. The van der Waals surface area contributed by atoms with Crippen LogP contribution in [0.5, 0.6) is 5.75 Å². The molecule has 0 unspecified atom stereocenters. The molecule has 1 amide bonds. The van der Waals surface area contributed by atoms with Crippen molar-refractivity contribution in [1.29, 1.82) is 0 Å². The van der Waals surface area contributed by atoms with Crippen LogP contribution in [0.2, 0.25) is 15.1 Å². The maximum absolute atomic E-state index is 12.5. The summed E-state index contributed by atoms with van der Waals surface area (Å²) in [4.78, 5) is 12.2. The van der Waals surface area contributed by atoms with Gasteiger partial charge in [0.1, 0.15) is 5.75 Å². The number of nitrogens with one attached hydrogen (secondary N) is 2. The van der Waals surface area contributed by atoms with Crippen LogP contribution in [-0.4, -0.2) is 27.0 Å². The largest absolute Gasteiger partial charge is 0.492 e. The van der Waals surface area contributed by atoms with Gasteiger partial charge in [0.2, 0.25) is 15.9 Å². The zero-order chi connectivity index (χ0) is 20.2. The Labute approximate surface area is 172 Å². The van der Waals surface area contributed by atoms with Gasteiger partial charge in [-0.3, -0.25) is 4.79 Å². The summed E-state index contributed by atoms with van der Waals surface area (Å²) in [6.45, 7) is 3.58. The van der Waals surface area contributed by atoms with Crippen molar-refractivity contribution in [3.05, 3.63) is 51.5 Å². The van der Waals surface area contributed by atoms with Crippen LogP contribution in [0.1, 0.15) is 13.8 Å². The molecule has 0 saturated heterocycles. The lowest BCUT2D eigenvalue weighted by Gasteiger charge is -2.16. The lowest BCUT2D eigenvalue weighted by molar-refractivity contribution is -0.117. The highest BCUT2D eigenvalue weighted by Gasteiger charge is 2.24. The molecule has 0 spiro atoms. The molecule has 0 aliphatic carbocycles. The number of carbonyl (C=O) groups is 1. The predicted molar refractivity (Wildman–Crippen MR) is 107 cm³/mol. The van der Waals surface area contributed by atoms with E-state index in [1.807, 2.05) is 0 Å². The molecule has 0 saturated carbocycles. The Hall–Kier alpha value is -1.51. The number of benzene rings is 2. The van der Waals surface area contributed by atoms with Crippen LogP contribution in [0.4, 0.5) is 5.69 Å². The number of rotatable bonds is 7. The first-order valence-corrected chi connectivity index (χ1v) is 10.5. The van der Waals surface area contributed by atoms with E-state index in [4.69, 9.17) is 39.5 Å². The van der Waals surface area contributed by atoms with E-state index in [1.165, 1.54) is 25.1 Å². The molecule has 6 nitrogen and oxygen atoms in total. The molecule has 27 heavy (non-hydrogen) atoms. The number of hydrogen-bond acceptors (Lipinski definition) is 4. The third-order valence-corrected chi connectivity index (χ3v) is 5.91. The van der Waals surface area contributed by atoms with Crippen LogP contribution in [-0.2, 0) is 14.8 Å². The number of anilines is 1. The Morgan fingerprint density at radius 2 is 1.74 bits per heavy atom. The molecule has 10 heteroatoms. The normalized spacial score (nSPS) is 12.5. The van der Waals surface area contributed by atoms with Gasteiger partial charge in [-0.2, -0.15) is 4.72 Å². The molecule has 2 aromatic carbocycles. The van der Waals surface area contributed by atoms with Gasteiger partial charge in [0, 0.05) is 0 Å². The first-order valence-electron chi connectivity index (χ1n) is 7.85. The minimum Gasteiger partial charge on any atom is -0.492 e. The first kappa shape index (κ1) is 21.8. The number of carbonyl (C=O) groups excluding carboxylic acids is 1. The molecule has 2 rings (SSSR count). The third kappa shape index (κ3) is 5.49. The quantitative estimate of drug-likeness (QED) is 0.655. The zero-order valence-corrected chi connectivity index (χ0v) is 17.5. The van der Waals surface area contributed by atoms with Gasteiger partial charge in [0.05, 0.1) is 38.3 Å². The topological polar surface area (TPSA) is 84.5 Å². The fourth-order valence-electron chi connectivity index (χ4n) is 2.12. The van der Waals surface area contributed by atoms with Crippen LogP contribution in [0, 0.1) is 0 Å². The lowest BCUT2D eigenvalue weighted by Crippen LogP contribution is -2.41. The maximum atomic E-state index is 12.5. The molecule has 0 bridgehead atoms. The van der Waals surface area contributed by atoms with E-state index in [2.05, 4.69) is 10.0 Å². The Morgan fingerprint density at radius 1 is 1.11 bits per heavy atom. The summed E-state index contributed by atoms with van der Waals surface area (Å²) in [7, 11) is -3.99. The standard InChI is InChI=1S/C17H17Cl3N2O4S/c1-3-26-15-8-7-11(9-14(15)20)27(24,25)22-10(2)17(23)21-16-12(18)5-4-6-13(16)19/h4-10,22H,3H2,1-2H3,(H,21,23)/t10-/m1/s1. The fraction of sp³-hybridized carbons (Fsp3) is 0.235. The second-order valence-electron chi connectivity index (χ2n) is 5.45. The molecule has 0 aliphatic rings. The van der Waals surface area contributed by atoms with Gasteiger partial charge in [0.25, 0.3) is 0 Å². The molecular formula is C17H17Cl3N2O4S. The van der Waals surface area contributed by atoms with Crippen molar-refractivity contribution in [1.82, 2.24) is 4.72 Å². The molecule has 0 aliphatic heterocycles. The monoisotopic (exact) mass is 450 g/mol. The van der Waals surface area contributed by atoms with Crippen molar-refractivity contribution >= 4 is 56.4 Å². The smallest absolute Gasteiger partial charge is 0.242 e. The summed E-state index contributed by atoms with van der Waals surface area (Å²) in [6.07, 6.45) is 0. The average molecular weight is 452 g/mol. The highest BCUT2D eigenvalue weighted by molar-refractivity contribution is 7.89. The summed E-state index contributed by atoms with van der Waals surface area (Å²) in [5.41, 5.74) is 0.209. The minimum absolute atomic E-state index is 0.0913. The molecule has 146 valence electrons. The summed E-state index contributed by atoms with van der Waals surface area (Å²) < 4.78 is 32.6. The van der Waals surface area contributed by atoms with E-state index in [0.717, 1.165) is 0 Å². The molecule has 0 fully saturated rings. The average Bonchev–Trinajstić information content (AvgIpc) is 2.59. The van der Waals surface area contributed by atoms with Gasteiger partial charge >= 0.3 is 0 Å². The van der Waals surface area contributed by atoms with E-state index in [1.54, 1.807) is 25.1 Å². The number of sulfonamides is 1. The van der Waals surface area contributed by atoms with Crippen molar-refractivity contribution in [2.45, 2.75) is 24.8 Å². The van der Waals surface area contributed by atoms with Crippen molar-refractivity contribution in [3.8, 4) is 5.75 Å². The van der Waals surface area contributed by atoms with Gasteiger partial charge in [-0.25, -0.2) is 8.42 Å². The van der Waals surface area contributed by atoms with Crippen molar-refractivity contribution in [2.24, 2.45) is 0 Å². The Kier molecular flexibility index (Phi) is 7.36.